The third kappa shape index (κ3) is 4.42. The monoisotopic (exact) mass is 284 g/mol. The summed E-state index contributed by atoms with van der Waals surface area (Å²) in [6, 6.07) is 11.1. The molecule has 1 amide bonds. The highest BCUT2D eigenvalue weighted by Crippen LogP contribution is 2.19. The van der Waals surface area contributed by atoms with E-state index >= 15 is 0 Å². The molecular formula is C16H16N2O3. The van der Waals surface area contributed by atoms with Crippen molar-refractivity contribution in [2.24, 2.45) is 0 Å². The first-order valence-electron chi connectivity index (χ1n) is 6.68. The number of carboxylic acid groups (broad SMARTS) is 1. The Kier molecular flexibility index (Phi) is 5.04. The molecule has 1 aromatic heterocycles. The second kappa shape index (κ2) is 7.19. The third-order valence-electron chi connectivity index (χ3n) is 3.10. The Hall–Kier alpha value is -2.69. The number of pyridine rings is 1. The van der Waals surface area contributed by atoms with E-state index in [1.165, 1.54) is 18.0 Å². The SMILES string of the molecule is O=C(O)Nc1ccncc1.O=C1CCCc2ccccc21. The van der Waals surface area contributed by atoms with Gasteiger partial charge in [-0.1, -0.05) is 24.3 Å². The first kappa shape index (κ1) is 14.7. The summed E-state index contributed by atoms with van der Waals surface area (Å²) >= 11 is 0. The lowest BCUT2D eigenvalue weighted by Gasteiger charge is -2.12. The fourth-order valence-electron chi connectivity index (χ4n) is 2.14. The Morgan fingerprint density at radius 3 is 2.48 bits per heavy atom. The molecule has 0 spiro atoms. The van der Waals surface area contributed by atoms with Gasteiger partial charge in [-0.2, -0.15) is 0 Å². The average molecular weight is 284 g/mol. The van der Waals surface area contributed by atoms with E-state index in [0.717, 1.165) is 24.8 Å². The van der Waals surface area contributed by atoms with Crippen molar-refractivity contribution in [3.05, 3.63) is 59.9 Å². The zero-order valence-corrected chi connectivity index (χ0v) is 11.5. The zero-order chi connectivity index (χ0) is 15.1. The molecule has 1 heterocycles. The van der Waals surface area contributed by atoms with Crippen molar-refractivity contribution in [1.82, 2.24) is 4.98 Å². The Balaban J connectivity index is 0.000000155. The third-order valence-corrected chi connectivity index (χ3v) is 3.10. The van der Waals surface area contributed by atoms with Crippen molar-refractivity contribution in [3.8, 4) is 0 Å². The predicted molar refractivity (Wildman–Crippen MR) is 79.6 cm³/mol. The fraction of sp³-hybridized carbons (Fsp3) is 0.188. The minimum atomic E-state index is -1.06. The van der Waals surface area contributed by atoms with Gasteiger partial charge < -0.3 is 5.11 Å². The largest absolute Gasteiger partial charge is 0.465 e. The zero-order valence-electron chi connectivity index (χ0n) is 11.5. The topological polar surface area (TPSA) is 79.3 Å². The summed E-state index contributed by atoms with van der Waals surface area (Å²) in [7, 11) is 0. The van der Waals surface area contributed by atoms with Crippen LogP contribution in [0.15, 0.2) is 48.8 Å². The minimum Gasteiger partial charge on any atom is -0.465 e. The van der Waals surface area contributed by atoms with Gasteiger partial charge in [-0.25, -0.2) is 4.79 Å². The summed E-state index contributed by atoms with van der Waals surface area (Å²) in [5.41, 5.74) is 2.70. The Bertz CT molecular complexity index is 626. The van der Waals surface area contributed by atoms with E-state index < -0.39 is 6.09 Å². The molecule has 5 nitrogen and oxygen atoms in total. The molecule has 0 unspecified atom stereocenters. The number of fused-ring (bicyclic) bond motifs is 1. The number of carbonyl (C=O) groups excluding carboxylic acids is 1. The number of amides is 1. The van der Waals surface area contributed by atoms with Crippen molar-refractivity contribution in [2.75, 3.05) is 5.32 Å². The molecule has 1 aliphatic rings. The van der Waals surface area contributed by atoms with Gasteiger partial charge in [-0.3, -0.25) is 15.1 Å². The molecule has 108 valence electrons. The number of benzene rings is 1. The second-order valence-corrected chi connectivity index (χ2v) is 4.60. The van der Waals surface area contributed by atoms with Gasteiger partial charge in [0.2, 0.25) is 0 Å². The van der Waals surface area contributed by atoms with E-state index in [2.05, 4.69) is 10.3 Å². The number of rotatable bonds is 1. The van der Waals surface area contributed by atoms with Crippen molar-refractivity contribution < 1.29 is 14.7 Å². The summed E-state index contributed by atoms with van der Waals surface area (Å²) in [6.45, 7) is 0. The van der Waals surface area contributed by atoms with E-state index in [0.29, 0.717) is 11.5 Å². The number of aromatic nitrogens is 1. The molecule has 21 heavy (non-hydrogen) atoms. The van der Waals surface area contributed by atoms with Gasteiger partial charge in [0.15, 0.2) is 5.78 Å². The van der Waals surface area contributed by atoms with Gasteiger partial charge in [0.05, 0.1) is 0 Å². The molecule has 1 aromatic carbocycles. The molecule has 0 atom stereocenters. The Labute approximate surface area is 122 Å². The first-order chi connectivity index (χ1) is 10.2. The minimum absolute atomic E-state index is 0.312. The molecule has 5 heteroatoms. The van der Waals surface area contributed by atoms with Gasteiger partial charge >= 0.3 is 6.09 Å². The molecule has 0 radical (unpaired) electrons. The maximum Gasteiger partial charge on any atom is 0.409 e. The molecule has 2 N–H and O–H groups in total. The molecule has 0 fully saturated rings. The van der Waals surface area contributed by atoms with Crippen LogP contribution >= 0.6 is 0 Å². The Morgan fingerprint density at radius 1 is 1.10 bits per heavy atom. The van der Waals surface area contributed by atoms with E-state index in [1.54, 1.807) is 12.1 Å². The van der Waals surface area contributed by atoms with Crippen molar-refractivity contribution in [2.45, 2.75) is 19.3 Å². The van der Waals surface area contributed by atoms with Crippen LogP contribution in [0.1, 0.15) is 28.8 Å². The highest BCUT2D eigenvalue weighted by Gasteiger charge is 2.14. The number of aryl methyl sites for hydroxylation is 1. The molecule has 1 aliphatic carbocycles. The fourth-order valence-corrected chi connectivity index (χ4v) is 2.14. The average Bonchev–Trinajstić information content (AvgIpc) is 2.49. The number of hydrogen-bond donors (Lipinski definition) is 2. The van der Waals surface area contributed by atoms with Gasteiger partial charge in [-0.15, -0.1) is 0 Å². The molecule has 0 saturated heterocycles. The van der Waals surface area contributed by atoms with Crippen molar-refractivity contribution in [1.29, 1.82) is 0 Å². The first-order valence-corrected chi connectivity index (χ1v) is 6.68. The summed E-state index contributed by atoms with van der Waals surface area (Å²) in [4.78, 5) is 25.0. The number of carbonyl (C=O) groups is 2. The van der Waals surface area contributed by atoms with Crippen LogP contribution in [-0.2, 0) is 6.42 Å². The van der Waals surface area contributed by atoms with Crippen LogP contribution in [0, 0.1) is 0 Å². The molecule has 0 saturated carbocycles. The standard InChI is InChI=1S/C10H10O.C6H6N2O2/c11-10-7-3-5-8-4-1-2-6-9(8)10;9-6(10)8-5-1-3-7-4-2-5/h1-2,4,6H,3,5,7H2;1-4H,(H,7,8)(H,9,10). The van der Waals surface area contributed by atoms with E-state index in [1.807, 2.05) is 24.3 Å². The second-order valence-electron chi connectivity index (χ2n) is 4.60. The summed E-state index contributed by atoms with van der Waals surface area (Å²) in [5.74, 6) is 0.312. The number of ketones is 1. The number of nitrogens with one attached hydrogen (secondary N) is 1. The number of Topliss-reactive ketones (excluding diaryl/α,β-unsaturated/α-hetero) is 1. The lowest BCUT2D eigenvalue weighted by Crippen LogP contribution is -2.09. The lowest BCUT2D eigenvalue weighted by molar-refractivity contribution is 0.0972. The molecular weight excluding hydrogens is 268 g/mol. The number of hydrogen-bond acceptors (Lipinski definition) is 3. The summed E-state index contributed by atoms with van der Waals surface area (Å²) in [6.07, 6.45) is 4.80. The van der Waals surface area contributed by atoms with Crippen LogP contribution in [0.4, 0.5) is 10.5 Å². The van der Waals surface area contributed by atoms with Crippen LogP contribution in [0.2, 0.25) is 0 Å². The maximum absolute atomic E-state index is 11.3. The molecule has 0 bridgehead atoms. The highest BCUT2D eigenvalue weighted by molar-refractivity contribution is 5.98. The maximum atomic E-state index is 11.3. The van der Waals surface area contributed by atoms with E-state index in [-0.39, 0.29) is 0 Å². The van der Waals surface area contributed by atoms with Crippen molar-refractivity contribution in [3.63, 3.8) is 0 Å². The smallest absolute Gasteiger partial charge is 0.409 e. The quantitative estimate of drug-likeness (QED) is 0.841. The lowest BCUT2D eigenvalue weighted by atomic mass is 9.91. The number of anilines is 1. The van der Waals surface area contributed by atoms with Gasteiger partial charge in [0.25, 0.3) is 0 Å². The predicted octanol–water partition coefficient (Wildman–Crippen LogP) is 3.38. The molecule has 2 aromatic rings. The van der Waals surface area contributed by atoms with Crippen LogP contribution < -0.4 is 5.32 Å². The van der Waals surface area contributed by atoms with E-state index in [9.17, 15) is 9.59 Å². The summed E-state index contributed by atoms with van der Waals surface area (Å²) < 4.78 is 0. The van der Waals surface area contributed by atoms with Crippen LogP contribution in [0.5, 0.6) is 0 Å². The normalized spacial score (nSPS) is 12.7. The number of nitrogens with zero attached hydrogens (tertiary/aromatic N) is 1. The van der Waals surface area contributed by atoms with Crippen molar-refractivity contribution >= 4 is 17.6 Å². The molecule has 0 aliphatic heterocycles. The van der Waals surface area contributed by atoms with Crippen LogP contribution in [0.25, 0.3) is 0 Å². The van der Waals surface area contributed by atoms with Crippen LogP contribution in [0.3, 0.4) is 0 Å². The van der Waals surface area contributed by atoms with Gasteiger partial charge in [0.1, 0.15) is 0 Å². The van der Waals surface area contributed by atoms with E-state index in [4.69, 9.17) is 5.11 Å². The highest BCUT2D eigenvalue weighted by atomic mass is 16.4. The summed E-state index contributed by atoms with van der Waals surface area (Å²) in [5, 5.41) is 10.4. The van der Waals surface area contributed by atoms with Gasteiger partial charge in [0, 0.05) is 30.1 Å². The Morgan fingerprint density at radius 2 is 1.81 bits per heavy atom. The van der Waals surface area contributed by atoms with Crippen LogP contribution in [-0.4, -0.2) is 22.0 Å². The molecule has 3 rings (SSSR count). The van der Waals surface area contributed by atoms with Gasteiger partial charge in [-0.05, 0) is 30.5 Å².